The van der Waals surface area contributed by atoms with Gasteiger partial charge in [-0.2, -0.15) is 0 Å². The lowest BCUT2D eigenvalue weighted by Crippen LogP contribution is -2.39. The third-order valence-corrected chi connectivity index (χ3v) is 8.48. The van der Waals surface area contributed by atoms with E-state index in [1.807, 2.05) is 37.3 Å². The molecule has 6 rings (SSSR count). The van der Waals surface area contributed by atoms with Crippen LogP contribution in [0.5, 0.6) is 0 Å². The van der Waals surface area contributed by atoms with Crippen molar-refractivity contribution in [1.82, 2.24) is 5.32 Å². The maximum atomic E-state index is 12.4. The first-order valence-electron chi connectivity index (χ1n) is 13.4. The van der Waals surface area contributed by atoms with E-state index in [9.17, 15) is 4.79 Å². The largest absolute Gasteiger partial charge is 0.399 e. The van der Waals surface area contributed by atoms with E-state index < -0.39 is 8.24 Å². The van der Waals surface area contributed by atoms with Crippen LogP contribution in [0, 0.1) is 0 Å². The number of fused-ring (bicyclic) bond motifs is 7. The molecule has 37 heavy (non-hydrogen) atoms. The van der Waals surface area contributed by atoms with Crippen LogP contribution in [0.15, 0.2) is 63.0 Å². The molecule has 2 amide bonds. The van der Waals surface area contributed by atoms with E-state index in [-0.39, 0.29) is 18.7 Å². The summed E-state index contributed by atoms with van der Waals surface area (Å²) < 4.78 is 19.0. The minimum atomic E-state index is -1.68. The lowest BCUT2D eigenvalue weighted by Gasteiger charge is -2.20. The molecule has 0 saturated heterocycles. The fourth-order valence-corrected chi connectivity index (χ4v) is 6.79. The van der Waals surface area contributed by atoms with E-state index in [0.717, 1.165) is 42.5 Å². The smallest absolute Gasteiger partial charge is 0.387 e. The Hall–Kier alpha value is -3.21. The van der Waals surface area contributed by atoms with E-state index in [1.165, 1.54) is 58.7 Å². The molecular formula is C30H33N2O4P. The Balaban J connectivity index is 1.33. The van der Waals surface area contributed by atoms with Crippen molar-refractivity contribution >= 4 is 41.9 Å². The van der Waals surface area contributed by atoms with Crippen molar-refractivity contribution < 1.29 is 17.7 Å². The standard InChI is InChI=1S/C30H33N2O4P/c1-20(31-30(33)32-23-11-3-2-4-12-23)19-34-37-35-26-17-15-21-9-5-7-13-24(21)28(26)29-25-14-8-6-10-22(25)16-18-27(29)36-37/h2-4,11-12,15-18,20H,5-10,13-14,19H2,1H3,(H2,31,32,33). The topological polar surface area (TPSA) is 76.6 Å². The van der Waals surface area contributed by atoms with E-state index in [1.54, 1.807) is 0 Å². The molecule has 1 aromatic heterocycles. The number of carbonyl (C=O) groups is 1. The van der Waals surface area contributed by atoms with E-state index in [0.29, 0.717) is 0 Å². The highest BCUT2D eigenvalue weighted by molar-refractivity contribution is 7.31. The molecule has 0 bridgehead atoms. The van der Waals surface area contributed by atoms with Crippen LogP contribution >= 0.6 is 8.24 Å². The minimum Gasteiger partial charge on any atom is -0.399 e. The van der Waals surface area contributed by atoms with Gasteiger partial charge in [0.1, 0.15) is 11.2 Å². The van der Waals surface area contributed by atoms with Crippen LogP contribution in [0.1, 0.15) is 54.9 Å². The van der Waals surface area contributed by atoms with Gasteiger partial charge in [-0.05, 0) is 105 Å². The Morgan fingerprint density at radius 3 is 2.00 bits per heavy atom. The summed E-state index contributed by atoms with van der Waals surface area (Å²) in [5.41, 5.74) is 8.14. The number of nitrogens with one attached hydrogen (secondary N) is 2. The third-order valence-electron chi connectivity index (χ3n) is 7.42. The van der Waals surface area contributed by atoms with Crippen molar-refractivity contribution in [3.63, 3.8) is 0 Å². The Labute approximate surface area is 218 Å². The van der Waals surface area contributed by atoms with Crippen LogP contribution in [0.25, 0.3) is 21.9 Å². The third kappa shape index (κ3) is 5.14. The van der Waals surface area contributed by atoms with Gasteiger partial charge in [0.25, 0.3) is 0 Å². The van der Waals surface area contributed by atoms with Crippen molar-refractivity contribution in [3.8, 4) is 0 Å². The maximum absolute atomic E-state index is 12.4. The van der Waals surface area contributed by atoms with E-state index in [2.05, 4.69) is 34.9 Å². The van der Waals surface area contributed by atoms with Crippen LogP contribution in [0.3, 0.4) is 0 Å². The molecule has 3 aromatic carbocycles. The molecule has 4 aromatic rings. The Bertz CT molecular complexity index is 1400. The van der Waals surface area contributed by atoms with Gasteiger partial charge in [0, 0.05) is 16.5 Å². The number of aryl methyl sites for hydroxylation is 4. The van der Waals surface area contributed by atoms with Gasteiger partial charge < -0.3 is 19.0 Å². The van der Waals surface area contributed by atoms with Gasteiger partial charge in [-0.3, -0.25) is 4.52 Å². The summed E-state index contributed by atoms with van der Waals surface area (Å²) in [5.74, 6) is 0. The second kappa shape index (κ2) is 10.6. The summed E-state index contributed by atoms with van der Waals surface area (Å²) in [7, 11) is -1.68. The monoisotopic (exact) mass is 516 g/mol. The van der Waals surface area contributed by atoms with E-state index in [4.69, 9.17) is 12.9 Å². The predicted octanol–water partition coefficient (Wildman–Crippen LogP) is 7.69. The maximum Gasteiger partial charge on any atom is 0.387 e. The summed E-state index contributed by atoms with van der Waals surface area (Å²) in [6.07, 6.45) is 9.26. The van der Waals surface area contributed by atoms with Crippen LogP contribution < -0.4 is 15.2 Å². The summed E-state index contributed by atoms with van der Waals surface area (Å²) in [4.78, 5) is 12.4. The molecule has 0 aliphatic heterocycles. The number of urea groups is 1. The molecule has 0 radical (unpaired) electrons. The number of benzene rings is 3. The lowest BCUT2D eigenvalue weighted by molar-refractivity contribution is 0.243. The van der Waals surface area contributed by atoms with Crippen LogP contribution in [-0.4, -0.2) is 18.7 Å². The average molecular weight is 517 g/mol. The highest BCUT2D eigenvalue weighted by atomic mass is 31.1. The number of anilines is 1. The normalized spacial score (nSPS) is 15.6. The second-order valence-electron chi connectivity index (χ2n) is 10.1. The Kier molecular flexibility index (Phi) is 6.95. The van der Waals surface area contributed by atoms with Gasteiger partial charge in [0.15, 0.2) is 0 Å². The van der Waals surface area contributed by atoms with Gasteiger partial charge in [-0.25, -0.2) is 4.79 Å². The zero-order valence-corrected chi connectivity index (χ0v) is 22.1. The molecule has 0 spiro atoms. The molecule has 2 N–H and O–H groups in total. The van der Waals surface area contributed by atoms with Crippen molar-refractivity contribution in [2.45, 2.75) is 64.3 Å². The fourth-order valence-electron chi connectivity index (χ4n) is 5.67. The lowest BCUT2D eigenvalue weighted by atomic mass is 9.84. The molecule has 7 heteroatoms. The SMILES string of the molecule is CC(COp1oc2ccc3c(c2c2c4c(ccc2o1)CCCC4)CCCC3)NC(=O)Nc1ccccc1. The highest BCUT2D eigenvalue weighted by Crippen LogP contribution is 2.41. The molecule has 192 valence electrons. The van der Waals surface area contributed by atoms with Crippen molar-refractivity contribution in [2.75, 3.05) is 11.9 Å². The molecular weight excluding hydrogens is 483 g/mol. The van der Waals surface area contributed by atoms with Gasteiger partial charge in [-0.15, -0.1) is 0 Å². The fraction of sp³-hybridized carbons (Fsp3) is 0.367. The zero-order valence-electron chi connectivity index (χ0n) is 21.2. The summed E-state index contributed by atoms with van der Waals surface area (Å²) in [6, 6.07) is 17.5. The number of carbonyl (C=O) groups excluding carboxylic acids is 1. The molecule has 6 nitrogen and oxygen atoms in total. The molecule has 1 heterocycles. The number of hydrogen-bond acceptors (Lipinski definition) is 4. The van der Waals surface area contributed by atoms with E-state index >= 15 is 0 Å². The minimum absolute atomic E-state index is 0.229. The van der Waals surface area contributed by atoms with Gasteiger partial charge in [0.2, 0.25) is 0 Å². The predicted molar refractivity (Wildman–Crippen MR) is 149 cm³/mol. The van der Waals surface area contributed by atoms with Crippen molar-refractivity contribution in [3.05, 3.63) is 76.9 Å². The Morgan fingerprint density at radius 1 is 0.838 bits per heavy atom. The molecule has 1 atom stereocenters. The van der Waals surface area contributed by atoms with Crippen LogP contribution in [-0.2, 0) is 25.7 Å². The molecule has 0 saturated carbocycles. The molecule has 2 aliphatic rings. The number of rotatable bonds is 5. The number of amides is 2. The van der Waals surface area contributed by atoms with Crippen LogP contribution in [0.4, 0.5) is 10.5 Å². The van der Waals surface area contributed by atoms with Gasteiger partial charge in [0.05, 0.1) is 12.6 Å². The Morgan fingerprint density at radius 2 is 1.41 bits per heavy atom. The first kappa shape index (κ1) is 24.1. The number of hydrogen-bond donors (Lipinski definition) is 2. The molecule has 1 unspecified atom stereocenters. The van der Waals surface area contributed by atoms with Crippen molar-refractivity contribution in [2.24, 2.45) is 0 Å². The summed E-state index contributed by atoms with van der Waals surface area (Å²) in [5, 5.41) is 8.20. The molecule has 2 aliphatic carbocycles. The summed E-state index contributed by atoms with van der Waals surface area (Å²) >= 11 is 0. The van der Waals surface area contributed by atoms with Gasteiger partial charge >= 0.3 is 14.3 Å². The highest BCUT2D eigenvalue weighted by Gasteiger charge is 2.21. The average Bonchev–Trinajstić information content (AvgIpc) is 3.09. The second-order valence-corrected chi connectivity index (χ2v) is 11.2. The van der Waals surface area contributed by atoms with Crippen LogP contribution in [0.2, 0.25) is 0 Å². The molecule has 0 fully saturated rings. The quantitative estimate of drug-likeness (QED) is 0.285. The van der Waals surface area contributed by atoms with Gasteiger partial charge in [-0.1, -0.05) is 30.3 Å². The summed E-state index contributed by atoms with van der Waals surface area (Å²) in [6.45, 7) is 2.18. The zero-order chi connectivity index (χ0) is 25.2. The van der Waals surface area contributed by atoms with Crippen molar-refractivity contribution in [1.29, 1.82) is 0 Å². The first-order valence-corrected chi connectivity index (χ1v) is 14.5. The number of para-hydroxylation sites is 1. The first-order chi connectivity index (χ1) is 18.2.